The van der Waals surface area contributed by atoms with Crippen LogP contribution in [0.25, 0.3) is 11.1 Å². The van der Waals surface area contributed by atoms with E-state index in [0.717, 1.165) is 11.0 Å². The zero-order valence-electron chi connectivity index (χ0n) is 10.9. The Morgan fingerprint density at radius 2 is 1.67 bits per heavy atom. The molecule has 0 aromatic heterocycles. The van der Waals surface area contributed by atoms with Crippen molar-refractivity contribution in [3.05, 3.63) is 53.6 Å². The van der Waals surface area contributed by atoms with Crippen molar-refractivity contribution >= 4 is 17.7 Å². The van der Waals surface area contributed by atoms with Crippen molar-refractivity contribution in [3.63, 3.8) is 0 Å². The first-order valence-electron chi connectivity index (χ1n) is 5.91. The van der Waals surface area contributed by atoms with Crippen molar-refractivity contribution < 1.29 is 23.1 Å². The second-order valence-electron chi connectivity index (χ2n) is 4.33. The summed E-state index contributed by atoms with van der Waals surface area (Å²) >= 11 is 1.51. The summed E-state index contributed by atoms with van der Waals surface area (Å²) in [5.41, 5.74) is -0.573. The number of alkyl halides is 3. The van der Waals surface area contributed by atoms with Crippen LogP contribution in [0, 0.1) is 0 Å². The van der Waals surface area contributed by atoms with Gasteiger partial charge in [0.1, 0.15) is 0 Å². The van der Waals surface area contributed by atoms with Crippen LogP contribution in [0.2, 0.25) is 0 Å². The predicted molar refractivity (Wildman–Crippen MR) is 75.6 cm³/mol. The molecule has 0 aliphatic rings. The molecule has 0 amide bonds. The topological polar surface area (TPSA) is 37.3 Å². The smallest absolute Gasteiger partial charge is 0.416 e. The zero-order valence-corrected chi connectivity index (χ0v) is 11.8. The maximum absolute atomic E-state index is 12.8. The summed E-state index contributed by atoms with van der Waals surface area (Å²) in [4.78, 5) is 12.0. The van der Waals surface area contributed by atoms with Crippen molar-refractivity contribution in [3.8, 4) is 11.1 Å². The van der Waals surface area contributed by atoms with E-state index in [-0.39, 0.29) is 11.1 Å². The first-order chi connectivity index (χ1) is 9.81. The van der Waals surface area contributed by atoms with E-state index < -0.39 is 17.7 Å². The first kappa shape index (κ1) is 15.4. The Kier molecular flexibility index (Phi) is 4.27. The minimum Gasteiger partial charge on any atom is -0.478 e. The molecule has 0 radical (unpaired) electrons. The largest absolute Gasteiger partial charge is 0.478 e. The monoisotopic (exact) mass is 312 g/mol. The van der Waals surface area contributed by atoms with E-state index in [2.05, 4.69) is 0 Å². The first-order valence-corrected chi connectivity index (χ1v) is 7.14. The summed E-state index contributed by atoms with van der Waals surface area (Å²) in [7, 11) is 0. The van der Waals surface area contributed by atoms with Gasteiger partial charge in [0.15, 0.2) is 0 Å². The molecule has 0 bridgehead atoms. The fourth-order valence-corrected chi connectivity index (χ4v) is 2.27. The summed E-state index contributed by atoms with van der Waals surface area (Å²) < 4.78 is 38.5. The summed E-state index contributed by atoms with van der Waals surface area (Å²) in [6, 6.07) is 9.75. The minimum absolute atomic E-state index is 0.231. The molecule has 21 heavy (non-hydrogen) atoms. The number of aromatic carboxylic acids is 1. The number of carboxylic acid groups (broad SMARTS) is 1. The van der Waals surface area contributed by atoms with E-state index in [1.165, 1.54) is 17.8 Å². The quantitative estimate of drug-likeness (QED) is 0.828. The highest BCUT2D eigenvalue weighted by atomic mass is 32.2. The molecule has 0 atom stereocenters. The lowest BCUT2D eigenvalue weighted by atomic mass is 9.99. The van der Waals surface area contributed by atoms with E-state index in [0.29, 0.717) is 11.6 Å². The second-order valence-corrected chi connectivity index (χ2v) is 5.21. The van der Waals surface area contributed by atoms with Gasteiger partial charge in [0.25, 0.3) is 0 Å². The lowest BCUT2D eigenvalue weighted by Gasteiger charge is -2.11. The third kappa shape index (κ3) is 3.58. The number of hydrogen-bond donors (Lipinski definition) is 1. The Hall–Kier alpha value is -1.95. The second kappa shape index (κ2) is 5.81. The van der Waals surface area contributed by atoms with Gasteiger partial charge in [0, 0.05) is 4.90 Å². The number of carbonyl (C=O) groups is 1. The van der Waals surface area contributed by atoms with E-state index in [9.17, 15) is 18.0 Å². The molecule has 2 rings (SSSR count). The minimum atomic E-state index is -4.58. The number of halogens is 3. The highest BCUT2D eigenvalue weighted by Crippen LogP contribution is 2.34. The summed E-state index contributed by atoms with van der Waals surface area (Å²) in [6.45, 7) is 0. The molecular weight excluding hydrogens is 301 g/mol. The van der Waals surface area contributed by atoms with Crippen LogP contribution in [0.5, 0.6) is 0 Å². The van der Waals surface area contributed by atoms with Crippen molar-refractivity contribution in [2.45, 2.75) is 11.1 Å². The normalized spacial score (nSPS) is 11.4. The number of benzene rings is 2. The average molecular weight is 312 g/mol. The van der Waals surface area contributed by atoms with Crippen LogP contribution in [-0.2, 0) is 6.18 Å². The van der Waals surface area contributed by atoms with Crippen molar-refractivity contribution in [1.29, 1.82) is 0 Å². The third-order valence-electron chi connectivity index (χ3n) is 2.93. The Labute approximate surface area is 123 Å². The van der Waals surface area contributed by atoms with Gasteiger partial charge in [-0.1, -0.05) is 12.1 Å². The highest BCUT2D eigenvalue weighted by Gasteiger charge is 2.31. The maximum Gasteiger partial charge on any atom is 0.416 e. The van der Waals surface area contributed by atoms with Crippen LogP contribution >= 0.6 is 11.8 Å². The van der Waals surface area contributed by atoms with E-state index in [1.807, 2.05) is 6.26 Å². The van der Waals surface area contributed by atoms with Crippen molar-refractivity contribution in [2.24, 2.45) is 0 Å². The molecule has 1 N–H and O–H groups in total. The molecule has 2 aromatic carbocycles. The number of thioether (sulfide) groups is 1. The number of hydrogen-bond acceptors (Lipinski definition) is 2. The molecule has 110 valence electrons. The van der Waals surface area contributed by atoms with Gasteiger partial charge < -0.3 is 5.11 Å². The molecule has 0 spiro atoms. The summed E-state index contributed by atoms with van der Waals surface area (Å²) in [5.74, 6) is -1.39. The summed E-state index contributed by atoms with van der Waals surface area (Å²) in [6.07, 6.45) is -2.69. The third-order valence-corrected chi connectivity index (χ3v) is 3.67. The van der Waals surface area contributed by atoms with E-state index in [4.69, 9.17) is 5.11 Å². The van der Waals surface area contributed by atoms with E-state index >= 15 is 0 Å². The molecule has 0 aliphatic carbocycles. The molecule has 2 aromatic rings. The van der Waals surface area contributed by atoms with Crippen LogP contribution in [-0.4, -0.2) is 17.3 Å². The SMILES string of the molecule is CSc1ccc(-c2cc(C(=O)O)cc(C(F)(F)F)c2)cc1. The van der Waals surface area contributed by atoms with Crippen LogP contribution in [0.15, 0.2) is 47.4 Å². The lowest BCUT2D eigenvalue weighted by Crippen LogP contribution is -2.08. The molecule has 6 heteroatoms. The highest BCUT2D eigenvalue weighted by molar-refractivity contribution is 7.98. The van der Waals surface area contributed by atoms with Crippen LogP contribution in [0.3, 0.4) is 0 Å². The molecule has 0 aliphatic heterocycles. The van der Waals surface area contributed by atoms with Crippen LogP contribution < -0.4 is 0 Å². The van der Waals surface area contributed by atoms with Gasteiger partial charge in [0.2, 0.25) is 0 Å². The Balaban J connectivity index is 2.56. The molecule has 2 nitrogen and oxygen atoms in total. The van der Waals surface area contributed by atoms with Crippen LogP contribution in [0.1, 0.15) is 15.9 Å². The van der Waals surface area contributed by atoms with Crippen molar-refractivity contribution in [1.82, 2.24) is 0 Å². The number of carboxylic acids is 1. The lowest BCUT2D eigenvalue weighted by molar-refractivity contribution is -0.137. The molecule has 0 fully saturated rings. The standard InChI is InChI=1S/C15H11F3O2S/c1-21-13-4-2-9(3-5-13)10-6-11(14(19)20)8-12(7-10)15(16,17)18/h2-8H,1H3,(H,19,20). The predicted octanol–water partition coefficient (Wildman–Crippen LogP) is 4.79. The fraction of sp³-hybridized carbons (Fsp3) is 0.133. The fourth-order valence-electron chi connectivity index (χ4n) is 1.86. The van der Waals surface area contributed by atoms with Gasteiger partial charge in [0.05, 0.1) is 11.1 Å². The Morgan fingerprint density at radius 3 is 2.14 bits per heavy atom. The van der Waals surface area contributed by atoms with Gasteiger partial charge in [-0.05, 0) is 47.7 Å². The Bertz CT molecular complexity index is 664. The molecule has 0 saturated carbocycles. The molecule has 0 saturated heterocycles. The van der Waals surface area contributed by atoms with Crippen molar-refractivity contribution in [2.75, 3.05) is 6.26 Å². The van der Waals surface area contributed by atoms with Gasteiger partial charge >= 0.3 is 12.1 Å². The van der Waals surface area contributed by atoms with Crippen LogP contribution in [0.4, 0.5) is 13.2 Å². The maximum atomic E-state index is 12.8. The molecular formula is C15H11F3O2S. The summed E-state index contributed by atoms with van der Waals surface area (Å²) in [5, 5.41) is 8.96. The zero-order chi connectivity index (χ0) is 15.6. The Morgan fingerprint density at radius 1 is 1.05 bits per heavy atom. The van der Waals surface area contributed by atoms with Gasteiger partial charge in [-0.25, -0.2) is 4.79 Å². The molecule has 0 unspecified atom stereocenters. The van der Waals surface area contributed by atoms with Gasteiger partial charge in [-0.15, -0.1) is 11.8 Å². The van der Waals surface area contributed by atoms with Gasteiger partial charge in [-0.3, -0.25) is 0 Å². The molecule has 0 heterocycles. The average Bonchev–Trinajstić information content (AvgIpc) is 2.46. The number of rotatable bonds is 3. The van der Waals surface area contributed by atoms with Gasteiger partial charge in [-0.2, -0.15) is 13.2 Å². The van der Waals surface area contributed by atoms with E-state index in [1.54, 1.807) is 24.3 Å².